The normalized spacial score (nSPS) is 11.4. The van der Waals surface area contributed by atoms with Crippen molar-refractivity contribution in [2.24, 2.45) is 0 Å². The molecule has 0 aliphatic rings. The molecular formula is C43H27N3O. The molecule has 2 heterocycles. The molecule has 0 amide bonds. The fourth-order valence-corrected chi connectivity index (χ4v) is 6.35. The third-order valence-corrected chi connectivity index (χ3v) is 8.74. The minimum absolute atomic E-state index is 0.605. The molecule has 9 aromatic rings. The topological polar surface area (TPSA) is 51.8 Å². The van der Waals surface area contributed by atoms with Gasteiger partial charge in [-0.1, -0.05) is 140 Å². The minimum atomic E-state index is 0.605. The fraction of sp³-hybridized carbons (Fsp3) is 0. The lowest BCUT2D eigenvalue weighted by Gasteiger charge is -2.10. The Morgan fingerprint density at radius 3 is 1.68 bits per heavy atom. The van der Waals surface area contributed by atoms with Gasteiger partial charge < -0.3 is 4.42 Å². The largest absolute Gasteiger partial charge is 0.456 e. The van der Waals surface area contributed by atoms with Crippen LogP contribution in [-0.4, -0.2) is 15.0 Å². The highest BCUT2D eigenvalue weighted by molar-refractivity contribution is 6.12. The number of hydrogen-bond donors (Lipinski definition) is 0. The molecule has 4 nitrogen and oxygen atoms in total. The molecule has 0 spiro atoms. The smallest absolute Gasteiger partial charge is 0.164 e. The van der Waals surface area contributed by atoms with Crippen molar-refractivity contribution >= 4 is 32.7 Å². The Balaban J connectivity index is 1.21. The molecule has 0 radical (unpaired) electrons. The molecule has 0 saturated carbocycles. The number of furan rings is 1. The van der Waals surface area contributed by atoms with E-state index < -0.39 is 0 Å². The molecule has 9 rings (SSSR count). The summed E-state index contributed by atoms with van der Waals surface area (Å²) in [4.78, 5) is 15.1. The van der Waals surface area contributed by atoms with Crippen LogP contribution in [0.15, 0.2) is 168 Å². The summed E-state index contributed by atoms with van der Waals surface area (Å²) < 4.78 is 6.39. The molecule has 0 unspecified atom stereocenters. The maximum atomic E-state index is 6.39. The van der Waals surface area contributed by atoms with Crippen LogP contribution in [0.2, 0.25) is 0 Å². The second kappa shape index (κ2) is 11.2. The van der Waals surface area contributed by atoms with E-state index in [1.165, 1.54) is 16.5 Å². The zero-order valence-corrected chi connectivity index (χ0v) is 25.3. The van der Waals surface area contributed by atoms with Gasteiger partial charge in [0.25, 0.3) is 0 Å². The van der Waals surface area contributed by atoms with Gasteiger partial charge in [-0.3, -0.25) is 0 Å². The zero-order valence-electron chi connectivity index (χ0n) is 25.3. The Hall–Kier alpha value is -6.39. The van der Waals surface area contributed by atoms with Crippen LogP contribution < -0.4 is 0 Å². The number of rotatable bonds is 5. The van der Waals surface area contributed by atoms with Crippen LogP contribution in [-0.2, 0) is 0 Å². The molecule has 4 heteroatoms. The van der Waals surface area contributed by atoms with E-state index in [0.29, 0.717) is 17.5 Å². The summed E-state index contributed by atoms with van der Waals surface area (Å²) in [7, 11) is 0. The summed E-state index contributed by atoms with van der Waals surface area (Å²) in [6.07, 6.45) is 0. The first-order valence-electron chi connectivity index (χ1n) is 15.7. The van der Waals surface area contributed by atoms with Crippen molar-refractivity contribution in [1.82, 2.24) is 15.0 Å². The molecule has 220 valence electrons. The van der Waals surface area contributed by atoms with Gasteiger partial charge in [0.05, 0.1) is 0 Å². The number of fused-ring (bicyclic) bond motifs is 4. The van der Waals surface area contributed by atoms with Crippen LogP contribution in [0.5, 0.6) is 0 Å². The highest BCUT2D eigenvalue weighted by Crippen LogP contribution is 2.38. The molecule has 0 aliphatic heterocycles. The van der Waals surface area contributed by atoms with Crippen molar-refractivity contribution in [3.8, 4) is 56.4 Å². The van der Waals surface area contributed by atoms with Crippen molar-refractivity contribution in [1.29, 1.82) is 0 Å². The van der Waals surface area contributed by atoms with Crippen LogP contribution in [0.1, 0.15) is 0 Å². The van der Waals surface area contributed by atoms with Crippen LogP contribution in [0.3, 0.4) is 0 Å². The maximum absolute atomic E-state index is 6.39. The minimum Gasteiger partial charge on any atom is -0.456 e. The van der Waals surface area contributed by atoms with E-state index in [1.807, 2.05) is 48.5 Å². The Kier molecular flexibility index (Phi) is 6.43. The average molecular weight is 602 g/mol. The molecule has 0 bridgehead atoms. The Morgan fingerprint density at radius 2 is 0.915 bits per heavy atom. The summed E-state index contributed by atoms with van der Waals surface area (Å²) in [5, 5.41) is 4.32. The van der Waals surface area contributed by atoms with Gasteiger partial charge in [-0.05, 0) is 57.3 Å². The van der Waals surface area contributed by atoms with Gasteiger partial charge in [-0.15, -0.1) is 0 Å². The van der Waals surface area contributed by atoms with E-state index in [1.54, 1.807) is 0 Å². The molecule has 2 aromatic heterocycles. The number of aromatic nitrogens is 3. The highest BCUT2D eigenvalue weighted by atomic mass is 16.3. The van der Waals surface area contributed by atoms with E-state index in [9.17, 15) is 0 Å². The third-order valence-electron chi connectivity index (χ3n) is 8.74. The number of nitrogens with zero attached hydrogens (tertiary/aromatic N) is 3. The molecule has 47 heavy (non-hydrogen) atoms. The van der Waals surface area contributed by atoms with Crippen LogP contribution in [0.25, 0.3) is 89.1 Å². The van der Waals surface area contributed by atoms with Crippen molar-refractivity contribution < 1.29 is 4.42 Å². The van der Waals surface area contributed by atoms with Gasteiger partial charge in [0.1, 0.15) is 11.2 Å². The van der Waals surface area contributed by atoms with Crippen molar-refractivity contribution in [3.63, 3.8) is 0 Å². The molecule has 0 saturated heterocycles. The number of benzene rings is 7. The summed E-state index contributed by atoms with van der Waals surface area (Å²) in [6, 6.07) is 56.4. The maximum Gasteiger partial charge on any atom is 0.164 e. The second-order valence-corrected chi connectivity index (χ2v) is 11.7. The predicted octanol–water partition coefficient (Wildman–Crippen LogP) is 11.3. The van der Waals surface area contributed by atoms with Crippen LogP contribution >= 0.6 is 0 Å². The van der Waals surface area contributed by atoms with Crippen molar-refractivity contribution in [3.05, 3.63) is 164 Å². The van der Waals surface area contributed by atoms with Crippen LogP contribution in [0, 0.1) is 0 Å². The first-order chi connectivity index (χ1) is 23.3. The lowest BCUT2D eigenvalue weighted by Crippen LogP contribution is -2.00. The zero-order chi connectivity index (χ0) is 31.2. The summed E-state index contributed by atoms with van der Waals surface area (Å²) in [5.41, 5.74) is 9.05. The first kappa shape index (κ1) is 27.0. The van der Waals surface area contributed by atoms with Crippen molar-refractivity contribution in [2.75, 3.05) is 0 Å². The Labute approximate surface area is 271 Å². The second-order valence-electron chi connectivity index (χ2n) is 11.7. The van der Waals surface area contributed by atoms with E-state index in [0.717, 1.165) is 55.1 Å². The lowest BCUT2D eigenvalue weighted by molar-refractivity contribution is 0.669. The fourth-order valence-electron chi connectivity index (χ4n) is 6.35. The van der Waals surface area contributed by atoms with Crippen molar-refractivity contribution in [2.45, 2.75) is 0 Å². The monoisotopic (exact) mass is 601 g/mol. The average Bonchev–Trinajstić information content (AvgIpc) is 3.53. The van der Waals surface area contributed by atoms with E-state index in [2.05, 4.69) is 115 Å². The summed E-state index contributed by atoms with van der Waals surface area (Å²) in [5.74, 6) is 1.86. The van der Waals surface area contributed by atoms with Gasteiger partial charge in [-0.2, -0.15) is 0 Å². The molecule has 0 N–H and O–H groups in total. The van der Waals surface area contributed by atoms with Gasteiger partial charge >= 0.3 is 0 Å². The highest BCUT2D eigenvalue weighted by Gasteiger charge is 2.18. The number of hydrogen-bond acceptors (Lipinski definition) is 4. The summed E-state index contributed by atoms with van der Waals surface area (Å²) in [6.45, 7) is 0. The molecular weight excluding hydrogens is 574 g/mol. The van der Waals surface area contributed by atoms with E-state index >= 15 is 0 Å². The molecule has 7 aromatic carbocycles. The van der Waals surface area contributed by atoms with E-state index in [4.69, 9.17) is 19.4 Å². The lowest BCUT2D eigenvalue weighted by atomic mass is 9.98. The third kappa shape index (κ3) is 4.93. The molecule has 0 aliphatic carbocycles. The van der Waals surface area contributed by atoms with Gasteiger partial charge in [-0.25, -0.2) is 15.0 Å². The summed E-state index contributed by atoms with van der Waals surface area (Å²) >= 11 is 0. The Morgan fingerprint density at radius 1 is 0.340 bits per heavy atom. The Bertz CT molecular complexity index is 2550. The van der Waals surface area contributed by atoms with Gasteiger partial charge in [0.2, 0.25) is 0 Å². The predicted molar refractivity (Wildman–Crippen MR) is 192 cm³/mol. The van der Waals surface area contributed by atoms with Crippen LogP contribution in [0.4, 0.5) is 0 Å². The standard InChI is InChI=1S/C43H27N3O/c1-3-10-28(11-4-1)30-18-20-31(21-19-30)34-24-25-38-37(27-34)40-36(16-9-17-39(40)47-38)43-45-41(32-13-5-2-6-14-32)44-42(46-43)35-23-22-29-12-7-8-15-33(29)26-35/h1-27H. The quantitative estimate of drug-likeness (QED) is 0.197. The molecule has 0 atom stereocenters. The van der Waals surface area contributed by atoms with Gasteiger partial charge in [0, 0.05) is 27.5 Å². The SMILES string of the molecule is c1ccc(-c2ccc(-c3ccc4oc5cccc(-c6nc(-c7ccccc7)nc(-c7ccc8ccccc8c7)n6)c5c4c3)cc2)cc1. The van der Waals surface area contributed by atoms with Gasteiger partial charge in [0.15, 0.2) is 17.5 Å². The van der Waals surface area contributed by atoms with E-state index in [-0.39, 0.29) is 0 Å². The first-order valence-corrected chi connectivity index (χ1v) is 15.7. The molecule has 0 fully saturated rings.